The molecule has 0 amide bonds. The lowest BCUT2D eigenvalue weighted by atomic mass is 10.5. The molecule has 0 unspecified atom stereocenters. The van der Waals surface area contributed by atoms with Crippen LogP contribution >= 0.6 is 0 Å². The minimum absolute atomic E-state index is 0.374. The molecule has 1 fully saturated rings. The summed E-state index contributed by atoms with van der Waals surface area (Å²) in [6.45, 7) is 0.815. The summed E-state index contributed by atoms with van der Waals surface area (Å²) < 4.78 is 21.6. The van der Waals surface area contributed by atoms with Crippen molar-refractivity contribution >= 4 is 10.2 Å². The van der Waals surface area contributed by atoms with Gasteiger partial charge in [-0.05, 0) is 6.42 Å². The average molecular weight is 152 g/mol. The van der Waals surface area contributed by atoms with Gasteiger partial charge in [-0.3, -0.25) is 4.84 Å². The second kappa shape index (κ2) is 2.22. The van der Waals surface area contributed by atoms with Gasteiger partial charge in [0.15, 0.2) is 0 Å². The number of nitrogens with two attached hydrogens (primary N) is 1. The van der Waals surface area contributed by atoms with Gasteiger partial charge in [0.25, 0.3) is 10.2 Å². The molecule has 0 atom stereocenters. The van der Waals surface area contributed by atoms with Crippen molar-refractivity contribution in [1.82, 2.24) is 4.47 Å². The third-order valence-electron chi connectivity index (χ3n) is 1.00. The predicted molar refractivity (Wildman–Crippen MR) is 30.4 cm³/mol. The lowest BCUT2D eigenvalue weighted by Crippen LogP contribution is -2.32. The largest absolute Gasteiger partial charge is 0.299 e. The Morgan fingerprint density at radius 3 is 2.44 bits per heavy atom. The molecular weight excluding hydrogens is 144 g/mol. The predicted octanol–water partition coefficient (Wildman–Crippen LogP) is -1.17. The van der Waals surface area contributed by atoms with Crippen LogP contribution in [0.3, 0.4) is 0 Å². The Morgan fingerprint density at radius 2 is 2.22 bits per heavy atom. The molecule has 54 valence electrons. The smallest absolute Gasteiger partial charge is 0.283 e. The van der Waals surface area contributed by atoms with E-state index in [0.717, 1.165) is 10.9 Å². The Labute approximate surface area is 53.5 Å². The molecule has 1 aliphatic rings. The molecule has 9 heavy (non-hydrogen) atoms. The van der Waals surface area contributed by atoms with Crippen molar-refractivity contribution in [3.8, 4) is 0 Å². The maximum Gasteiger partial charge on any atom is 0.299 e. The van der Waals surface area contributed by atoms with Gasteiger partial charge in [0.2, 0.25) is 0 Å². The van der Waals surface area contributed by atoms with Gasteiger partial charge in [0.1, 0.15) is 0 Å². The molecule has 2 N–H and O–H groups in total. The minimum Gasteiger partial charge on any atom is -0.283 e. The van der Waals surface area contributed by atoms with Crippen molar-refractivity contribution < 1.29 is 13.3 Å². The van der Waals surface area contributed by atoms with E-state index < -0.39 is 10.2 Å². The summed E-state index contributed by atoms with van der Waals surface area (Å²) in [5.41, 5.74) is 0. The maximum absolute atomic E-state index is 10.4. The fraction of sp³-hybridized carbons (Fsp3) is 1.00. The Hall–Kier alpha value is -0.170. The summed E-state index contributed by atoms with van der Waals surface area (Å²) >= 11 is 0. The van der Waals surface area contributed by atoms with Gasteiger partial charge in [-0.25, -0.2) is 5.14 Å². The maximum atomic E-state index is 10.4. The van der Waals surface area contributed by atoms with E-state index in [1.54, 1.807) is 0 Å². The van der Waals surface area contributed by atoms with Gasteiger partial charge < -0.3 is 0 Å². The van der Waals surface area contributed by atoms with Crippen LogP contribution in [0.2, 0.25) is 0 Å². The van der Waals surface area contributed by atoms with Crippen LogP contribution in [0, 0.1) is 0 Å². The Morgan fingerprint density at radius 1 is 1.56 bits per heavy atom. The summed E-state index contributed by atoms with van der Waals surface area (Å²) in [7, 11) is -3.59. The summed E-state index contributed by atoms with van der Waals surface area (Å²) in [4.78, 5) is 4.64. The first kappa shape index (κ1) is 6.94. The first-order valence-electron chi connectivity index (χ1n) is 2.54. The number of hydrogen-bond acceptors (Lipinski definition) is 3. The molecular formula is C3H8N2O3S. The molecule has 1 rings (SSSR count). The van der Waals surface area contributed by atoms with E-state index >= 15 is 0 Å². The second-order valence-corrected chi connectivity index (χ2v) is 3.20. The number of nitrogens with zero attached hydrogens (tertiary/aromatic N) is 1. The number of hydrogen-bond donors (Lipinski definition) is 1. The van der Waals surface area contributed by atoms with E-state index in [-0.39, 0.29) is 0 Å². The molecule has 0 aromatic heterocycles. The molecule has 5 nitrogen and oxygen atoms in total. The van der Waals surface area contributed by atoms with E-state index in [1.807, 2.05) is 0 Å². The third kappa shape index (κ3) is 1.62. The molecule has 0 bridgehead atoms. The lowest BCUT2D eigenvalue weighted by molar-refractivity contribution is -0.0284. The van der Waals surface area contributed by atoms with E-state index in [0.29, 0.717) is 13.2 Å². The highest BCUT2D eigenvalue weighted by Gasteiger charge is 2.22. The van der Waals surface area contributed by atoms with Crippen LogP contribution < -0.4 is 5.14 Å². The molecule has 0 aromatic rings. The van der Waals surface area contributed by atoms with Crippen LogP contribution in [0.5, 0.6) is 0 Å². The normalized spacial score (nSPS) is 22.8. The fourth-order valence-corrected chi connectivity index (χ4v) is 1.23. The highest BCUT2D eigenvalue weighted by Crippen LogP contribution is 2.05. The quantitative estimate of drug-likeness (QED) is 0.514. The fourth-order valence-electron chi connectivity index (χ4n) is 0.625. The highest BCUT2D eigenvalue weighted by molar-refractivity contribution is 7.86. The van der Waals surface area contributed by atoms with Crippen LogP contribution in [0.4, 0.5) is 0 Å². The minimum atomic E-state index is -3.59. The molecule has 0 saturated carbocycles. The standard InChI is InChI=1S/C3H8N2O3S/c4-9(6,7)5-2-1-3-8-5/h1-3H2,(H2,4,6,7). The molecule has 0 aliphatic carbocycles. The van der Waals surface area contributed by atoms with E-state index in [4.69, 9.17) is 5.14 Å². The van der Waals surface area contributed by atoms with Crippen molar-refractivity contribution in [1.29, 1.82) is 0 Å². The van der Waals surface area contributed by atoms with E-state index in [1.165, 1.54) is 0 Å². The topological polar surface area (TPSA) is 72.6 Å². The highest BCUT2D eigenvalue weighted by atomic mass is 32.2. The van der Waals surface area contributed by atoms with Gasteiger partial charge in [-0.15, -0.1) is 0 Å². The van der Waals surface area contributed by atoms with Crippen LogP contribution in [-0.2, 0) is 15.0 Å². The molecule has 0 spiro atoms. The molecule has 1 heterocycles. The Bertz CT molecular complexity index is 181. The van der Waals surface area contributed by atoms with Gasteiger partial charge in [-0.2, -0.15) is 8.42 Å². The zero-order valence-electron chi connectivity index (χ0n) is 4.78. The van der Waals surface area contributed by atoms with Gasteiger partial charge in [0, 0.05) is 6.54 Å². The zero-order chi connectivity index (χ0) is 6.91. The number of rotatable bonds is 1. The molecule has 6 heteroatoms. The van der Waals surface area contributed by atoms with Crippen LogP contribution in [0.15, 0.2) is 0 Å². The van der Waals surface area contributed by atoms with E-state index in [9.17, 15) is 8.42 Å². The van der Waals surface area contributed by atoms with Crippen molar-refractivity contribution in [3.05, 3.63) is 0 Å². The summed E-state index contributed by atoms with van der Waals surface area (Å²) in [5, 5.41) is 4.71. The average Bonchev–Trinajstić information content (AvgIpc) is 2.08. The van der Waals surface area contributed by atoms with Gasteiger partial charge in [-0.1, -0.05) is 4.47 Å². The summed E-state index contributed by atoms with van der Waals surface area (Å²) in [5.74, 6) is 0. The van der Waals surface area contributed by atoms with Crippen molar-refractivity contribution in [2.45, 2.75) is 6.42 Å². The summed E-state index contributed by atoms with van der Waals surface area (Å²) in [6.07, 6.45) is 0.719. The van der Waals surface area contributed by atoms with Crippen LogP contribution in [-0.4, -0.2) is 26.0 Å². The first-order valence-corrected chi connectivity index (χ1v) is 4.04. The summed E-state index contributed by atoms with van der Waals surface area (Å²) in [6, 6.07) is 0. The van der Waals surface area contributed by atoms with Crippen molar-refractivity contribution in [2.24, 2.45) is 5.14 Å². The molecule has 1 aliphatic heterocycles. The monoisotopic (exact) mass is 152 g/mol. The molecule has 0 aromatic carbocycles. The lowest BCUT2D eigenvalue weighted by Gasteiger charge is -2.07. The zero-order valence-corrected chi connectivity index (χ0v) is 5.60. The Balaban J connectivity index is 2.63. The van der Waals surface area contributed by atoms with Crippen molar-refractivity contribution in [2.75, 3.05) is 13.2 Å². The van der Waals surface area contributed by atoms with Crippen molar-refractivity contribution in [3.63, 3.8) is 0 Å². The van der Waals surface area contributed by atoms with Crippen LogP contribution in [0.25, 0.3) is 0 Å². The van der Waals surface area contributed by atoms with Crippen LogP contribution in [0.1, 0.15) is 6.42 Å². The van der Waals surface area contributed by atoms with Gasteiger partial charge in [0.05, 0.1) is 6.61 Å². The first-order chi connectivity index (χ1) is 4.11. The molecule has 1 saturated heterocycles. The SMILES string of the molecule is NS(=O)(=O)N1CCCO1. The third-order valence-corrected chi connectivity index (χ3v) is 1.86. The molecule has 0 radical (unpaired) electrons. The number of hydroxylamine groups is 1. The van der Waals surface area contributed by atoms with E-state index in [2.05, 4.69) is 4.84 Å². The Kier molecular flexibility index (Phi) is 1.71. The van der Waals surface area contributed by atoms with Gasteiger partial charge >= 0.3 is 0 Å². The second-order valence-electron chi connectivity index (χ2n) is 1.76.